The number of rotatable bonds is 16. The van der Waals surface area contributed by atoms with Gasteiger partial charge in [0.05, 0.1) is 0 Å². The average Bonchev–Trinajstić information content (AvgIpc) is 2.50. The first-order valence-corrected chi connectivity index (χ1v) is 12.8. The summed E-state index contributed by atoms with van der Waals surface area (Å²) >= 11 is -0.308. The molecule has 0 heterocycles. The van der Waals surface area contributed by atoms with Gasteiger partial charge in [0.25, 0.3) is 0 Å². The summed E-state index contributed by atoms with van der Waals surface area (Å²) in [5, 5.41) is 0. The second-order valence-corrected chi connectivity index (χ2v) is 8.94. The Balaban J connectivity index is 0. The second kappa shape index (κ2) is 23.9. The predicted octanol–water partition coefficient (Wildman–Crippen LogP) is 7.22. The number of hydrogen-bond donors (Lipinski definition) is 0. The summed E-state index contributed by atoms with van der Waals surface area (Å²) in [5.74, 6) is 0. The van der Waals surface area contributed by atoms with Crippen LogP contribution in [0.5, 0.6) is 0 Å². The van der Waals surface area contributed by atoms with Gasteiger partial charge in [-0.1, -0.05) is 0 Å². The molecule has 0 atom stereocenters. The Kier molecular flexibility index (Phi) is 27.0. The van der Waals surface area contributed by atoms with E-state index < -0.39 is 0 Å². The van der Waals surface area contributed by atoms with E-state index in [9.17, 15) is 0 Å². The van der Waals surface area contributed by atoms with E-state index in [1.807, 2.05) is 0 Å². The molecule has 0 aromatic carbocycles. The largest absolute Gasteiger partial charge is 2.00 e. The zero-order valence-electron chi connectivity index (χ0n) is 15.1. The standard InChI is InChI=1S/2C10H19.S.Sn/c2*1-3-5-7-9-10-8-6-4-2;;/h2*1,3H,4-10H2,2H3;;/q;;-2;+2. The Labute approximate surface area is 158 Å². The zero-order chi connectivity index (χ0) is 15.4. The fourth-order valence-electron chi connectivity index (χ4n) is 2.44. The van der Waals surface area contributed by atoms with Crippen molar-refractivity contribution in [3.05, 3.63) is 20.3 Å². The SMILES string of the molecule is CCCCCCCC/C=[CH]/[Sn+2]/[CH]=C/CCCCCCCC.[S-2]. The van der Waals surface area contributed by atoms with Crippen molar-refractivity contribution < 1.29 is 0 Å². The molecule has 0 unspecified atom stereocenters. The molecule has 2 heteroatoms. The maximum absolute atomic E-state index is 2.51. The van der Waals surface area contributed by atoms with Crippen LogP contribution in [0.15, 0.2) is 20.3 Å². The van der Waals surface area contributed by atoms with Crippen LogP contribution in [0.1, 0.15) is 104 Å². The van der Waals surface area contributed by atoms with Gasteiger partial charge in [0.15, 0.2) is 0 Å². The number of unbranched alkanes of at least 4 members (excludes halogenated alkanes) is 12. The van der Waals surface area contributed by atoms with Crippen molar-refractivity contribution in [2.24, 2.45) is 0 Å². The normalized spacial score (nSPS) is 11.0. The van der Waals surface area contributed by atoms with Gasteiger partial charge in [-0.15, -0.1) is 0 Å². The maximum atomic E-state index is 2.51. The van der Waals surface area contributed by atoms with Crippen LogP contribution in [-0.4, -0.2) is 21.1 Å². The monoisotopic (exact) mass is 430 g/mol. The minimum absolute atomic E-state index is 0. The van der Waals surface area contributed by atoms with Gasteiger partial charge in [-0.3, -0.25) is 0 Å². The molecule has 0 aliphatic rings. The number of hydrogen-bond acceptors (Lipinski definition) is 0. The Hall–Kier alpha value is 0.629. The van der Waals surface area contributed by atoms with Crippen LogP contribution in [-0.2, 0) is 13.5 Å². The molecule has 0 N–H and O–H groups in total. The van der Waals surface area contributed by atoms with Crippen molar-refractivity contribution in [2.75, 3.05) is 0 Å². The van der Waals surface area contributed by atoms with Crippen molar-refractivity contribution in [1.82, 2.24) is 0 Å². The van der Waals surface area contributed by atoms with Crippen molar-refractivity contribution in [3.8, 4) is 0 Å². The van der Waals surface area contributed by atoms with Crippen LogP contribution in [0, 0.1) is 0 Å². The summed E-state index contributed by atoms with van der Waals surface area (Å²) in [6, 6.07) is 0. The van der Waals surface area contributed by atoms with E-state index in [1.54, 1.807) is 0 Å². The van der Waals surface area contributed by atoms with Gasteiger partial charge in [0.2, 0.25) is 0 Å². The van der Waals surface area contributed by atoms with Gasteiger partial charge < -0.3 is 13.5 Å². The van der Waals surface area contributed by atoms with Gasteiger partial charge in [-0.05, 0) is 0 Å². The van der Waals surface area contributed by atoms with Crippen LogP contribution in [0.25, 0.3) is 0 Å². The maximum Gasteiger partial charge on any atom is -2.00 e. The molecule has 0 rings (SSSR count). The van der Waals surface area contributed by atoms with Crippen LogP contribution < -0.4 is 0 Å². The molecule has 0 radical (unpaired) electrons. The van der Waals surface area contributed by atoms with Crippen LogP contribution >= 0.6 is 0 Å². The third kappa shape index (κ3) is 22.9. The quantitative estimate of drug-likeness (QED) is 0.180. The van der Waals surface area contributed by atoms with E-state index in [2.05, 4.69) is 34.2 Å². The van der Waals surface area contributed by atoms with Gasteiger partial charge in [-0.2, -0.15) is 0 Å². The molecular weight excluding hydrogens is 391 g/mol. The average molecular weight is 429 g/mol. The molecule has 128 valence electrons. The Morgan fingerprint density at radius 2 is 0.909 bits per heavy atom. The first-order valence-electron chi connectivity index (χ1n) is 9.47. The molecular formula is C20H38SSn. The molecule has 0 amide bonds. The first kappa shape index (κ1) is 24.9. The van der Waals surface area contributed by atoms with Gasteiger partial charge in [0.1, 0.15) is 0 Å². The van der Waals surface area contributed by atoms with Gasteiger partial charge in [0, 0.05) is 0 Å². The zero-order valence-corrected chi connectivity index (χ0v) is 18.8. The van der Waals surface area contributed by atoms with E-state index in [4.69, 9.17) is 0 Å². The fraction of sp³-hybridized carbons (Fsp3) is 0.800. The van der Waals surface area contributed by atoms with Crippen LogP contribution in [0.4, 0.5) is 0 Å². The van der Waals surface area contributed by atoms with Crippen molar-refractivity contribution in [3.63, 3.8) is 0 Å². The molecule has 22 heavy (non-hydrogen) atoms. The third-order valence-electron chi connectivity index (χ3n) is 3.88. The summed E-state index contributed by atoms with van der Waals surface area (Å²) < 4.78 is 5.01. The molecule has 0 spiro atoms. The van der Waals surface area contributed by atoms with Crippen LogP contribution in [0.3, 0.4) is 0 Å². The summed E-state index contributed by atoms with van der Waals surface area (Å²) in [5.41, 5.74) is 0. The van der Waals surface area contributed by atoms with Crippen LogP contribution in [0.2, 0.25) is 0 Å². The van der Waals surface area contributed by atoms with E-state index in [0.29, 0.717) is 0 Å². The van der Waals surface area contributed by atoms with E-state index >= 15 is 0 Å². The molecule has 0 aromatic rings. The molecule has 0 saturated heterocycles. The smallest absolute Gasteiger partial charge is 2.00 e. The molecule has 0 saturated carbocycles. The molecule has 0 nitrogen and oxygen atoms in total. The van der Waals surface area contributed by atoms with Crippen molar-refractivity contribution in [2.45, 2.75) is 104 Å². The molecule has 0 aliphatic carbocycles. The van der Waals surface area contributed by atoms with Crippen molar-refractivity contribution >= 4 is 34.6 Å². The van der Waals surface area contributed by atoms with E-state index in [-0.39, 0.29) is 34.6 Å². The Morgan fingerprint density at radius 1 is 0.545 bits per heavy atom. The Morgan fingerprint density at radius 3 is 1.32 bits per heavy atom. The Bertz CT molecular complexity index is 212. The van der Waals surface area contributed by atoms with Gasteiger partial charge in [-0.25, -0.2) is 0 Å². The summed E-state index contributed by atoms with van der Waals surface area (Å²) in [7, 11) is 0. The van der Waals surface area contributed by atoms with E-state index in [1.165, 1.54) is 89.9 Å². The summed E-state index contributed by atoms with van der Waals surface area (Å²) in [4.78, 5) is 0. The fourth-order valence-corrected chi connectivity index (χ4v) is 4.49. The molecule has 0 bridgehead atoms. The molecule has 0 aliphatic heterocycles. The predicted molar refractivity (Wildman–Crippen MR) is 107 cm³/mol. The third-order valence-corrected chi connectivity index (χ3v) is 6.32. The summed E-state index contributed by atoms with van der Waals surface area (Å²) in [6.07, 6.45) is 24.5. The van der Waals surface area contributed by atoms with E-state index in [0.717, 1.165) is 0 Å². The minimum atomic E-state index is -0.308. The molecule has 0 fully saturated rings. The summed E-state index contributed by atoms with van der Waals surface area (Å²) in [6.45, 7) is 4.57. The van der Waals surface area contributed by atoms with Crippen molar-refractivity contribution in [1.29, 1.82) is 0 Å². The first-order chi connectivity index (χ1) is 10.4. The molecule has 0 aromatic heterocycles. The topological polar surface area (TPSA) is 0 Å². The second-order valence-electron chi connectivity index (χ2n) is 6.08. The number of allylic oxidation sites excluding steroid dienone is 2. The van der Waals surface area contributed by atoms with Gasteiger partial charge >= 0.3 is 145 Å². The minimum Gasteiger partial charge on any atom is -2.00 e.